The van der Waals surface area contributed by atoms with Crippen molar-refractivity contribution < 1.29 is 0 Å². The van der Waals surface area contributed by atoms with E-state index in [0.717, 1.165) is 6.42 Å². The van der Waals surface area contributed by atoms with Gasteiger partial charge in [-0.25, -0.2) is 0 Å². The first-order valence-corrected chi connectivity index (χ1v) is 6.36. The van der Waals surface area contributed by atoms with Gasteiger partial charge in [-0.3, -0.25) is 0 Å². The maximum absolute atomic E-state index is 2.26. The minimum atomic E-state index is 1.15. The first kappa shape index (κ1) is 14.2. The molecule has 1 aromatic rings. The molecule has 0 nitrogen and oxygen atoms in total. The van der Waals surface area contributed by atoms with E-state index in [1.54, 1.807) is 0 Å². The monoisotopic (exact) mass is 206 g/mol. The van der Waals surface area contributed by atoms with E-state index in [9.17, 15) is 0 Å². The molecule has 0 spiro atoms. The molecule has 0 aliphatic carbocycles. The van der Waals surface area contributed by atoms with Crippen LogP contribution in [0.1, 0.15) is 58.1 Å². The summed E-state index contributed by atoms with van der Waals surface area (Å²) in [6.07, 6.45) is 6.23. The lowest BCUT2D eigenvalue weighted by Gasteiger charge is -2.00. The van der Waals surface area contributed by atoms with E-state index < -0.39 is 0 Å². The van der Waals surface area contributed by atoms with Crippen molar-refractivity contribution in [1.82, 2.24) is 0 Å². The Kier molecular flexibility index (Phi) is 9.26. The molecule has 0 bridgehead atoms. The molecule has 0 heteroatoms. The normalized spacial score (nSPS) is 9.33. The topological polar surface area (TPSA) is 0 Å². The molecule has 0 saturated heterocycles. The van der Waals surface area contributed by atoms with Crippen LogP contribution < -0.4 is 0 Å². The summed E-state index contributed by atoms with van der Waals surface area (Å²) in [6, 6.07) is 9.00. The van der Waals surface area contributed by atoms with E-state index in [4.69, 9.17) is 0 Å². The molecule has 0 heterocycles. The molecule has 15 heavy (non-hydrogen) atoms. The minimum absolute atomic E-state index is 1.15. The van der Waals surface area contributed by atoms with Crippen molar-refractivity contribution in [3.8, 4) is 0 Å². The second-order valence-corrected chi connectivity index (χ2v) is 3.98. The molecular weight excluding hydrogens is 180 g/mol. The average Bonchev–Trinajstić information content (AvgIpc) is 2.28. The highest BCUT2D eigenvalue weighted by Gasteiger charge is 1.92. The van der Waals surface area contributed by atoms with Crippen molar-refractivity contribution in [2.45, 2.75) is 59.8 Å². The average molecular weight is 206 g/mol. The second kappa shape index (κ2) is 9.76. The van der Waals surface area contributed by atoms with Gasteiger partial charge in [-0.1, -0.05) is 64.8 Å². The maximum Gasteiger partial charge on any atom is -0.0279 e. The zero-order chi connectivity index (χ0) is 11.5. The number of hydrogen-bond donors (Lipinski definition) is 0. The third-order valence-corrected chi connectivity index (χ3v) is 2.25. The fraction of sp³-hybridized carbons (Fsp3) is 0.600. The summed E-state index contributed by atoms with van der Waals surface area (Å²) in [5.74, 6) is 0. The van der Waals surface area contributed by atoms with Crippen molar-refractivity contribution in [3.63, 3.8) is 0 Å². The quantitative estimate of drug-likeness (QED) is 0.649. The molecule has 0 aliphatic heterocycles. The van der Waals surface area contributed by atoms with Gasteiger partial charge in [-0.05, 0) is 30.4 Å². The van der Waals surface area contributed by atoms with Gasteiger partial charge in [-0.15, -0.1) is 0 Å². The molecule has 0 unspecified atom stereocenters. The Morgan fingerprint density at radius 1 is 0.800 bits per heavy atom. The van der Waals surface area contributed by atoms with Crippen molar-refractivity contribution in [1.29, 1.82) is 0 Å². The molecular formula is C15H26. The molecule has 1 aromatic carbocycles. The van der Waals surface area contributed by atoms with Crippen LogP contribution in [0.25, 0.3) is 0 Å². The molecule has 0 N–H and O–H groups in total. The van der Waals surface area contributed by atoms with E-state index in [0.29, 0.717) is 0 Å². The molecule has 0 radical (unpaired) electrons. The molecule has 0 saturated carbocycles. The highest BCUT2D eigenvalue weighted by molar-refractivity contribution is 5.22. The number of unbranched alkanes of at least 4 members (excludes halogenated alkanes) is 1. The van der Waals surface area contributed by atoms with Crippen LogP contribution in [0.15, 0.2) is 24.3 Å². The zero-order valence-electron chi connectivity index (χ0n) is 10.8. The molecule has 0 amide bonds. The summed E-state index contributed by atoms with van der Waals surface area (Å²) < 4.78 is 0. The summed E-state index contributed by atoms with van der Waals surface area (Å²) in [5.41, 5.74) is 2.92. The standard InChI is InChI=1S/C12H18.C3H8/c1-3-5-6-12-9-7-11(4-2)8-10-12;1-3-2/h7-10H,3-6H2,1-2H3;3H2,1-2H3. The van der Waals surface area contributed by atoms with E-state index in [1.165, 1.54) is 36.8 Å². The highest BCUT2D eigenvalue weighted by atomic mass is 14.0. The smallest absolute Gasteiger partial charge is 0.0279 e. The van der Waals surface area contributed by atoms with Crippen LogP contribution in [0.4, 0.5) is 0 Å². The Morgan fingerprint density at radius 3 is 1.67 bits per heavy atom. The van der Waals surface area contributed by atoms with Gasteiger partial charge in [0.2, 0.25) is 0 Å². The van der Waals surface area contributed by atoms with E-state index >= 15 is 0 Å². The Labute approximate surface area is 95.7 Å². The van der Waals surface area contributed by atoms with Gasteiger partial charge < -0.3 is 0 Å². The van der Waals surface area contributed by atoms with Crippen LogP contribution in [0.2, 0.25) is 0 Å². The van der Waals surface area contributed by atoms with Gasteiger partial charge in [0.05, 0.1) is 0 Å². The SMILES string of the molecule is CCC.CCCCc1ccc(CC)cc1. The first-order chi connectivity index (χ1) is 7.28. The molecule has 0 aliphatic rings. The van der Waals surface area contributed by atoms with Crippen molar-refractivity contribution >= 4 is 0 Å². The molecule has 0 atom stereocenters. The number of rotatable bonds is 4. The number of benzene rings is 1. The maximum atomic E-state index is 2.26. The highest BCUT2D eigenvalue weighted by Crippen LogP contribution is 2.07. The lowest BCUT2D eigenvalue weighted by molar-refractivity contribution is 0.794. The first-order valence-electron chi connectivity index (χ1n) is 6.36. The predicted molar refractivity (Wildman–Crippen MR) is 70.4 cm³/mol. The van der Waals surface area contributed by atoms with Crippen LogP contribution in [0, 0.1) is 0 Å². The molecule has 86 valence electrons. The Hall–Kier alpha value is -0.780. The van der Waals surface area contributed by atoms with Gasteiger partial charge in [-0.2, -0.15) is 0 Å². The van der Waals surface area contributed by atoms with Crippen molar-refractivity contribution in [2.75, 3.05) is 0 Å². The van der Waals surface area contributed by atoms with E-state index in [2.05, 4.69) is 52.0 Å². The van der Waals surface area contributed by atoms with Gasteiger partial charge >= 0.3 is 0 Å². The Bertz CT molecular complexity index is 220. The van der Waals surface area contributed by atoms with Crippen molar-refractivity contribution in [3.05, 3.63) is 35.4 Å². The second-order valence-electron chi connectivity index (χ2n) is 3.98. The lowest BCUT2D eigenvalue weighted by Crippen LogP contribution is -1.85. The van der Waals surface area contributed by atoms with Crippen LogP contribution >= 0.6 is 0 Å². The van der Waals surface area contributed by atoms with Crippen LogP contribution in [0.5, 0.6) is 0 Å². The van der Waals surface area contributed by atoms with Crippen LogP contribution in [-0.4, -0.2) is 0 Å². The fourth-order valence-electron chi connectivity index (χ4n) is 1.32. The summed E-state index contributed by atoms with van der Waals surface area (Å²) in [4.78, 5) is 0. The number of hydrogen-bond acceptors (Lipinski definition) is 0. The summed E-state index contributed by atoms with van der Waals surface area (Å²) >= 11 is 0. The minimum Gasteiger partial charge on any atom is -0.0656 e. The number of aryl methyl sites for hydroxylation is 2. The van der Waals surface area contributed by atoms with Gasteiger partial charge in [0, 0.05) is 0 Å². The largest absolute Gasteiger partial charge is 0.0656 e. The van der Waals surface area contributed by atoms with Gasteiger partial charge in [0.15, 0.2) is 0 Å². The van der Waals surface area contributed by atoms with Gasteiger partial charge in [0.25, 0.3) is 0 Å². The third-order valence-electron chi connectivity index (χ3n) is 2.25. The predicted octanol–water partition coefficient (Wildman–Crippen LogP) is 5.01. The van der Waals surface area contributed by atoms with Gasteiger partial charge in [0.1, 0.15) is 0 Å². The fourth-order valence-corrected chi connectivity index (χ4v) is 1.32. The lowest BCUT2D eigenvalue weighted by atomic mass is 10.1. The van der Waals surface area contributed by atoms with E-state index in [-0.39, 0.29) is 0 Å². The molecule has 1 rings (SSSR count). The van der Waals surface area contributed by atoms with E-state index in [1.807, 2.05) is 0 Å². The Balaban J connectivity index is 0.000000583. The summed E-state index contributed by atoms with van der Waals surface area (Å²) in [6.45, 7) is 8.68. The summed E-state index contributed by atoms with van der Waals surface area (Å²) in [5, 5.41) is 0. The van der Waals surface area contributed by atoms with Crippen molar-refractivity contribution in [2.24, 2.45) is 0 Å². The molecule has 0 fully saturated rings. The Morgan fingerprint density at radius 2 is 1.27 bits per heavy atom. The zero-order valence-corrected chi connectivity index (χ0v) is 10.8. The molecule has 0 aromatic heterocycles. The van der Waals surface area contributed by atoms with Crippen LogP contribution in [0.3, 0.4) is 0 Å². The van der Waals surface area contributed by atoms with Crippen LogP contribution in [-0.2, 0) is 12.8 Å². The summed E-state index contributed by atoms with van der Waals surface area (Å²) in [7, 11) is 0. The third kappa shape index (κ3) is 7.18.